The Morgan fingerprint density at radius 3 is 2.25 bits per heavy atom. The van der Waals surface area contributed by atoms with Crippen LogP contribution in [-0.4, -0.2) is 25.7 Å². The highest BCUT2D eigenvalue weighted by Gasteiger charge is 2.16. The van der Waals surface area contributed by atoms with Gasteiger partial charge in [-0.2, -0.15) is 0 Å². The number of ketones is 1. The summed E-state index contributed by atoms with van der Waals surface area (Å²) in [6.07, 6.45) is 1.08. The molecule has 0 heterocycles. The molecule has 0 radical (unpaired) electrons. The van der Waals surface area contributed by atoms with Crippen molar-refractivity contribution in [1.82, 2.24) is 0 Å². The van der Waals surface area contributed by atoms with E-state index in [1.165, 1.54) is 0 Å². The zero-order valence-corrected chi connectivity index (χ0v) is 15.7. The molecule has 24 heavy (non-hydrogen) atoms. The molecule has 0 unspecified atom stereocenters. The van der Waals surface area contributed by atoms with Crippen molar-refractivity contribution in [2.24, 2.45) is 0 Å². The van der Waals surface area contributed by atoms with Gasteiger partial charge in [0.25, 0.3) is 0 Å². The zero-order chi connectivity index (χ0) is 17.7. The number of hydrogen-bond acceptors (Lipinski definition) is 4. The molecule has 0 aliphatic heterocycles. The average molecular weight is 384 g/mol. The highest BCUT2D eigenvalue weighted by atomic mass is 35.5. The quantitative estimate of drug-likeness (QED) is 0.727. The number of Topliss-reactive ketones (excluding diaryl/α,β-unsaturated/α-hetero) is 1. The fourth-order valence-electron chi connectivity index (χ4n) is 2.03. The molecule has 2 aromatic carbocycles. The molecular formula is C17H18ClNO3S2. The number of anilines is 1. The van der Waals surface area contributed by atoms with E-state index < -0.39 is 10.0 Å². The van der Waals surface area contributed by atoms with Crippen LogP contribution in [0.2, 0.25) is 5.02 Å². The van der Waals surface area contributed by atoms with Gasteiger partial charge in [0.15, 0.2) is 5.78 Å². The Labute approximate surface area is 151 Å². The van der Waals surface area contributed by atoms with Gasteiger partial charge in [-0.3, -0.25) is 9.52 Å². The summed E-state index contributed by atoms with van der Waals surface area (Å²) in [5.74, 6) is 0.734. The first-order chi connectivity index (χ1) is 11.2. The lowest BCUT2D eigenvalue weighted by molar-refractivity contribution is 0.0994. The number of rotatable bonds is 7. The first kappa shape index (κ1) is 18.8. The van der Waals surface area contributed by atoms with Crippen LogP contribution in [0.15, 0.2) is 48.5 Å². The van der Waals surface area contributed by atoms with Crippen LogP contribution in [0.25, 0.3) is 0 Å². The normalized spacial score (nSPS) is 12.6. The second-order valence-corrected chi connectivity index (χ2v) is 8.91. The molecule has 7 heteroatoms. The first-order valence-electron chi connectivity index (χ1n) is 7.23. The van der Waals surface area contributed by atoms with Crippen LogP contribution in [0.4, 0.5) is 5.69 Å². The minimum absolute atomic E-state index is 0.0138. The van der Waals surface area contributed by atoms with Gasteiger partial charge in [0.05, 0.1) is 11.5 Å². The van der Waals surface area contributed by atoms with E-state index in [0.29, 0.717) is 16.3 Å². The van der Waals surface area contributed by atoms with E-state index in [2.05, 4.69) is 4.72 Å². The van der Waals surface area contributed by atoms with Gasteiger partial charge < -0.3 is 0 Å². The van der Waals surface area contributed by atoms with Gasteiger partial charge in [-0.05, 0) is 48.9 Å². The van der Waals surface area contributed by atoms with Crippen LogP contribution in [0.1, 0.15) is 22.8 Å². The monoisotopic (exact) mass is 383 g/mol. The number of halogens is 1. The molecule has 0 amide bonds. The molecule has 0 fully saturated rings. The van der Waals surface area contributed by atoms with Gasteiger partial charge in [-0.25, -0.2) is 8.42 Å². The van der Waals surface area contributed by atoms with E-state index in [9.17, 15) is 13.2 Å². The number of carbonyl (C=O) groups is 1. The van der Waals surface area contributed by atoms with E-state index in [4.69, 9.17) is 11.6 Å². The molecule has 2 aromatic rings. The van der Waals surface area contributed by atoms with Crippen LogP contribution in [-0.2, 0) is 15.8 Å². The molecule has 0 aliphatic rings. The van der Waals surface area contributed by atoms with E-state index >= 15 is 0 Å². The fourth-order valence-corrected chi connectivity index (χ4v) is 3.64. The molecule has 0 bridgehead atoms. The second kappa shape index (κ2) is 8.05. The van der Waals surface area contributed by atoms with Gasteiger partial charge in [-0.15, -0.1) is 11.8 Å². The summed E-state index contributed by atoms with van der Waals surface area (Å²) in [5.41, 5.74) is 2.11. The van der Waals surface area contributed by atoms with E-state index in [1.54, 1.807) is 36.0 Å². The Hall–Kier alpha value is -1.50. The highest BCUT2D eigenvalue weighted by Crippen LogP contribution is 2.23. The summed E-state index contributed by atoms with van der Waals surface area (Å²) in [4.78, 5) is 12.4. The van der Waals surface area contributed by atoms with Gasteiger partial charge >= 0.3 is 0 Å². The minimum Gasteiger partial charge on any atom is -0.293 e. The number of nitrogens with one attached hydrogen (secondary N) is 1. The Balaban J connectivity index is 1.96. The molecule has 0 aromatic heterocycles. The third kappa shape index (κ3) is 5.85. The van der Waals surface area contributed by atoms with Crippen molar-refractivity contribution in [2.75, 3.05) is 11.0 Å². The topological polar surface area (TPSA) is 63.2 Å². The van der Waals surface area contributed by atoms with E-state index in [-0.39, 0.29) is 11.0 Å². The van der Waals surface area contributed by atoms with Gasteiger partial charge in [0.1, 0.15) is 0 Å². The molecular weight excluding hydrogens is 366 g/mol. The maximum atomic E-state index is 12.4. The van der Waals surface area contributed by atoms with Crippen molar-refractivity contribution in [1.29, 1.82) is 0 Å². The van der Waals surface area contributed by atoms with Gasteiger partial charge in [-0.1, -0.05) is 23.7 Å². The second-order valence-electron chi connectivity index (χ2n) is 5.40. The molecule has 2 rings (SSSR count). The largest absolute Gasteiger partial charge is 0.293 e. The predicted molar refractivity (Wildman–Crippen MR) is 101 cm³/mol. The summed E-state index contributed by atoms with van der Waals surface area (Å²) in [6.45, 7) is 1.87. The van der Waals surface area contributed by atoms with Crippen molar-refractivity contribution in [2.45, 2.75) is 17.9 Å². The zero-order valence-electron chi connectivity index (χ0n) is 13.3. The molecule has 0 aliphatic carbocycles. The maximum absolute atomic E-state index is 12.4. The molecule has 0 spiro atoms. The number of sulfonamides is 1. The Morgan fingerprint density at radius 2 is 1.71 bits per heavy atom. The maximum Gasteiger partial charge on any atom is 0.229 e. The van der Waals surface area contributed by atoms with Crippen molar-refractivity contribution in [3.8, 4) is 0 Å². The summed E-state index contributed by atoms with van der Waals surface area (Å²) >= 11 is 7.40. The van der Waals surface area contributed by atoms with Crippen molar-refractivity contribution < 1.29 is 13.2 Å². The number of thioether (sulfide) groups is 1. The van der Waals surface area contributed by atoms with Crippen LogP contribution in [0.5, 0.6) is 0 Å². The molecule has 128 valence electrons. The van der Waals surface area contributed by atoms with Crippen LogP contribution >= 0.6 is 23.4 Å². The van der Waals surface area contributed by atoms with Crippen LogP contribution in [0.3, 0.4) is 0 Å². The highest BCUT2D eigenvalue weighted by molar-refractivity contribution is 7.99. The lowest BCUT2D eigenvalue weighted by Crippen LogP contribution is -2.14. The fraction of sp³-hybridized carbons (Fsp3) is 0.235. The Morgan fingerprint density at radius 1 is 1.12 bits per heavy atom. The summed E-state index contributed by atoms with van der Waals surface area (Å²) in [6, 6.07) is 14.0. The smallest absolute Gasteiger partial charge is 0.229 e. The molecule has 1 atom stereocenters. The predicted octanol–water partition coefficient (Wildman–Crippen LogP) is 4.22. The van der Waals surface area contributed by atoms with Crippen LogP contribution < -0.4 is 4.72 Å². The van der Waals surface area contributed by atoms with Crippen molar-refractivity contribution >= 4 is 44.9 Å². The molecule has 4 nitrogen and oxygen atoms in total. The third-order valence-corrected chi connectivity index (χ3v) is 5.33. The third-order valence-electron chi connectivity index (χ3n) is 3.26. The number of hydrogen-bond donors (Lipinski definition) is 1. The standard InChI is InChI=1S/C17H18ClNO3S2/c1-12(23-11-13-3-7-15(18)8-4-13)17(20)14-5-9-16(10-6-14)19-24(2,21)22/h3-10,12,19H,11H2,1-2H3/t12-/m0/s1. The van der Waals surface area contributed by atoms with Gasteiger partial charge in [0.2, 0.25) is 10.0 Å². The summed E-state index contributed by atoms with van der Waals surface area (Å²) in [7, 11) is -3.32. The minimum atomic E-state index is -3.32. The number of benzene rings is 2. The molecule has 0 saturated carbocycles. The van der Waals surface area contributed by atoms with Crippen LogP contribution in [0, 0.1) is 0 Å². The number of carbonyl (C=O) groups excluding carboxylic acids is 1. The Kier molecular flexibility index (Phi) is 6.32. The SMILES string of the molecule is C[C@H](SCc1ccc(Cl)cc1)C(=O)c1ccc(NS(C)(=O)=O)cc1. The summed E-state index contributed by atoms with van der Waals surface area (Å²) < 4.78 is 24.7. The van der Waals surface area contributed by atoms with E-state index in [0.717, 1.165) is 17.6 Å². The summed E-state index contributed by atoms with van der Waals surface area (Å²) in [5, 5.41) is 0.491. The van der Waals surface area contributed by atoms with Crippen molar-refractivity contribution in [3.05, 3.63) is 64.7 Å². The molecule has 1 N–H and O–H groups in total. The lowest BCUT2D eigenvalue weighted by Gasteiger charge is -2.11. The average Bonchev–Trinajstić information content (AvgIpc) is 2.52. The lowest BCUT2D eigenvalue weighted by atomic mass is 10.1. The first-order valence-corrected chi connectivity index (χ1v) is 10.5. The Bertz CT molecular complexity index is 803. The van der Waals surface area contributed by atoms with Gasteiger partial charge in [0, 0.05) is 22.0 Å². The molecule has 0 saturated heterocycles. The van der Waals surface area contributed by atoms with E-state index in [1.807, 2.05) is 31.2 Å². The van der Waals surface area contributed by atoms with Crippen molar-refractivity contribution in [3.63, 3.8) is 0 Å².